The van der Waals surface area contributed by atoms with Crippen molar-refractivity contribution in [3.63, 3.8) is 0 Å². The highest BCUT2D eigenvalue weighted by Crippen LogP contribution is 2.32. The predicted octanol–water partition coefficient (Wildman–Crippen LogP) is 4.51. The number of methoxy groups -OCH3 is 2. The fraction of sp³-hybridized carbons (Fsp3) is 0.400. The van der Waals surface area contributed by atoms with Gasteiger partial charge in [0.1, 0.15) is 12.7 Å². The molecule has 168 valence electrons. The van der Waals surface area contributed by atoms with Crippen molar-refractivity contribution in [2.24, 2.45) is 5.92 Å². The number of hydrogen-bond donors (Lipinski definition) is 0. The van der Waals surface area contributed by atoms with E-state index in [1.807, 2.05) is 47.4 Å². The average Bonchev–Trinajstić information content (AvgIpc) is 3.38. The zero-order valence-corrected chi connectivity index (χ0v) is 18.9. The van der Waals surface area contributed by atoms with Crippen LogP contribution >= 0.6 is 0 Å². The van der Waals surface area contributed by atoms with Crippen molar-refractivity contribution in [2.45, 2.75) is 45.2 Å². The first-order valence-corrected chi connectivity index (χ1v) is 11.1. The van der Waals surface area contributed by atoms with Crippen molar-refractivity contribution in [1.29, 1.82) is 0 Å². The van der Waals surface area contributed by atoms with Crippen molar-refractivity contribution < 1.29 is 14.3 Å². The molecule has 0 radical (unpaired) electrons. The minimum atomic E-state index is 0.0451. The zero-order valence-electron chi connectivity index (χ0n) is 18.9. The van der Waals surface area contributed by atoms with Crippen molar-refractivity contribution >= 4 is 5.91 Å². The molecular formula is C25H30N4O3. The van der Waals surface area contributed by atoms with Gasteiger partial charge in [0.15, 0.2) is 11.5 Å². The van der Waals surface area contributed by atoms with Crippen LogP contribution in [0.2, 0.25) is 0 Å². The fourth-order valence-electron chi connectivity index (χ4n) is 4.54. The van der Waals surface area contributed by atoms with E-state index in [0.717, 1.165) is 30.5 Å². The molecule has 4 rings (SSSR count). The monoisotopic (exact) mass is 434 g/mol. The van der Waals surface area contributed by atoms with Crippen LogP contribution in [0.3, 0.4) is 0 Å². The molecular weight excluding hydrogens is 404 g/mol. The van der Waals surface area contributed by atoms with Crippen LogP contribution < -0.4 is 9.47 Å². The summed E-state index contributed by atoms with van der Waals surface area (Å²) in [6.07, 6.45) is 7.68. The standard InChI is InChI=1S/C25H30N4O3/c1-18-6-4-5-7-22(18)28(15-19-8-13-23(31-2)24(14-19)32-3)25(30)20-9-11-21(12-10-20)29-17-26-16-27-29/h8-14,16-18,22H,4-7,15H2,1-3H3/t18-,22-/m1/s1. The van der Waals surface area contributed by atoms with Crippen LogP contribution in [-0.2, 0) is 6.54 Å². The van der Waals surface area contributed by atoms with Crippen LogP contribution in [0.15, 0.2) is 55.1 Å². The van der Waals surface area contributed by atoms with E-state index < -0.39 is 0 Å². The summed E-state index contributed by atoms with van der Waals surface area (Å²) in [6, 6.07) is 13.6. The fourth-order valence-corrected chi connectivity index (χ4v) is 4.54. The van der Waals surface area contributed by atoms with Gasteiger partial charge in [0.25, 0.3) is 5.91 Å². The third-order valence-corrected chi connectivity index (χ3v) is 6.33. The van der Waals surface area contributed by atoms with Gasteiger partial charge >= 0.3 is 0 Å². The number of amides is 1. The van der Waals surface area contributed by atoms with Gasteiger partial charge in [0.05, 0.1) is 19.9 Å². The summed E-state index contributed by atoms with van der Waals surface area (Å²) < 4.78 is 12.5. The van der Waals surface area contributed by atoms with Gasteiger partial charge in [0.2, 0.25) is 0 Å². The van der Waals surface area contributed by atoms with Crippen LogP contribution in [0.1, 0.15) is 48.5 Å². The van der Waals surface area contributed by atoms with Crippen molar-refractivity contribution in [3.05, 3.63) is 66.2 Å². The van der Waals surface area contributed by atoms with E-state index in [2.05, 4.69) is 17.0 Å². The Kier molecular flexibility index (Phi) is 6.73. The number of aromatic nitrogens is 3. The van der Waals surface area contributed by atoms with E-state index >= 15 is 0 Å². The lowest BCUT2D eigenvalue weighted by atomic mass is 9.84. The van der Waals surface area contributed by atoms with Crippen LogP contribution in [0.5, 0.6) is 11.5 Å². The number of carbonyl (C=O) groups is 1. The Bertz CT molecular complexity index is 1030. The lowest BCUT2D eigenvalue weighted by Gasteiger charge is -2.39. The van der Waals surface area contributed by atoms with E-state index in [9.17, 15) is 4.79 Å². The van der Waals surface area contributed by atoms with Crippen molar-refractivity contribution in [2.75, 3.05) is 14.2 Å². The van der Waals surface area contributed by atoms with E-state index in [0.29, 0.717) is 29.5 Å². The van der Waals surface area contributed by atoms with Gasteiger partial charge in [-0.05, 0) is 60.7 Å². The second-order valence-electron chi connectivity index (χ2n) is 8.34. The number of carbonyl (C=O) groups excluding carboxylic acids is 1. The molecule has 32 heavy (non-hydrogen) atoms. The van der Waals surface area contributed by atoms with Crippen LogP contribution in [-0.4, -0.2) is 45.8 Å². The van der Waals surface area contributed by atoms with Gasteiger partial charge in [0, 0.05) is 18.2 Å². The molecule has 0 N–H and O–H groups in total. The lowest BCUT2D eigenvalue weighted by Crippen LogP contribution is -2.44. The van der Waals surface area contributed by atoms with Crippen molar-refractivity contribution in [1.82, 2.24) is 19.7 Å². The summed E-state index contributed by atoms with van der Waals surface area (Å²) in [7, 11) is 3.25. The molecule has 1 aliphatic carbocycles. The highest BCUT2D eigenvalue weighted by atomic mass is 16.5. The number of benzene rings is 2. The van der Waals surface area contributed by atoms with E-state index in [-0.39, 0.29) is 11.9 Å². The molecule has 1 aromatic heterocycles. The maximum absolute atomic E-state index is 13.7. The topological polar surface area (TPSA) is 69.5 Å². The Morgan fingerprint density at radius 2 is 1.81 bits per heavy atom. The van der Waals surface area contributed by atoms with E-state index in [1.165, 1.54) is 12.7 Å². The molecule has 7 heteroatoms. The largest absolute Gasteiger partial charge is 0.493 e. The minimum Gasteiger partial charge on any atom is -0.493 e. The zero-order chi connectivity index (χ0) is 22.5. The Labute approximate surface area is 189 Å². The lowest BCUT2D eigenvalue weighted by molar-refractivity contribution is 0.0528. The first-order chi connectivity index (χ1) is 15.6. The first-order valence-electron chi connectivity index (χ1n) is 11.1. The second-order valence-corrected chi connectivity index (χ2v) is 8.34. The highest BCUT2D eigenvalue weighted by Gasteiger charge is 2.31. The third kappa shape index (κ3) is 4.61. The Hall–Kier alpha value is -3.35. The molecule has 1 fully saturated rings. The molecule has 7 nitrogen and oxygen atoms in total. The molecule has 2 aromatic carbocycles. The maximum atomic E-state index is 13.7. The molecule has 1 amide bonds. The van der Waals surface area contributed by atoms with Gasteiger partial charge < -0.3 is 14.4 Å². The SMILES string of the molecule is COc1ccc(CN(C(=O)c2ccc(-n3cncn3)cc2)[C@@H]2CCCC[C@H]2C)cc1OC. The summed E-state index contributed by atoms with van der Waals surface area (Å²) in [5.41, 5.74) is 2.57. The quantitative estimate of drug-likeness (QED) is 0.547. The Morgan fingerprint density at radius 1 is 1.06 bits per heavy atom. The van der Waals surface area contributed by atoms with E-state index in [1.54, 1.807) is 25.2 Å². The van der Waals surface area contributed by atoms with Gasteiger partial charge in [-0.3, -0.25) is 4.79 Å². The third-order valence-electron chi connectivity index (χ3n) is 6.33. The maximum Gasteiger partial charge on any atom is 0.254 e. The molecule has 0 aliphatic heterocycles. The number of nitrogens with zero attached hydrogens (tertiary/aromatic N) is 4. The first kappa shape index (κ1) is 21.9. The van der Waals surface area contributed by atoms with Gasteiger partial charge in [-0.15, -0.1) is 0 Å². The Morgan fingerprint density at radius 3 is 2.47 bits per heavy atom. The summed E-state index contributed by atoms with van der Waals surface area (Å²) in [6.45, 7) is 2.78. The minimum absolute atomic E-state index is 0.0451. The average molecular weight is 435 g/mol. The molecule has 1 heterocycles. The van der Waals surface area contributed by atoms with Crippen LogP contribution in [0.25, 0.3) is 5.69 Å². The predicted molar refractivity (Wildman–Crippen MR) is 122 cm³/mol. The van der Waals surface area contributed by atoms with Crippen LogP contribution in [0, 0.1) is 5.92 Å². The number of ether oxygens (including phenoxy) is 2. The van der Waals surface area contributed by atoms with Gasteiger partial charge in [-0.25, -0.2) is 9.67 Å². The molecule has 0 spiro atoms. The molecule has 2 atom stereocenters. The number of rotatable bonds is 7. The summed E-state index contributed by atoms with van der Waals surface area (Å²) in [5, 5.41) is 4.15. The second kappa shape index (κ2) is 9.85. The molecule has 1 aliphatic rings. The number of hydrogen-bond acceptors (Lipinski definition) is 5. The molecule has 0 unspecified atom stereocenters. The molecule has 3 aromatic rings. The van der Waals surface area contributed by atoms with E-state index in [4.69, 9.17) is 9.47 Å². The molecule has 0 bridgehead atoms. The van der Waals surface area contributed by atoms with Gasteiger partial charge in [-0.1, -0.05) is 25.8 Å². The van der Waals surface area contributed by atoms with Gasteiger partial charge in [-0.2, -0.15) is 5.10 Å². The van der Waals surface area contributed by atoms with Crippen LogP contribution in [0.4, 0.5) is 0 Å². The summed E-state index contributed by atoms with van der Waals surface area (Å²) in [4.78, 5) is 19.7. The highest BCUT2D eigenvalue weighted by molar-refractivity contribution is 5.94. The Balaban J connectivity index is 1.62. The summed E-state index contributed by atoms with van der Waals surface area (Å²) >= 11 is 0. The smallest absolute Gasteiger partial charge is 0.254 e. The summed E-state index contributed by atoms with van der Waals surface area (Å²) in [5.74, 6) is 1.86. The molecule has 1 saturated carbocycles. The van der Waals surface area contributed by atoms with Crippen molar-refractivity contribution in [3.8, 4) is 17.2 Å². The normalized spacial score (nSPS) is 18.2. The molecule has 0 saturated heterocycles.